The first kappa shape index (κ1) is 8.57. The number of hydrogen-bond donors (Lipinski definition) is 1. The van der Waals surface area contributed by atoms with E-state index in [0.29, 0.717) is 11.7 Å². The third-order valence-corrected chi connectivity index (χ3v) is 2.59. The van der Waals surface area contributed by atoms with Crippen molar-refractivity contribution in [3.8, 4) is 0 Å². The van der Waals surface area contributed by atoms with Gasteiger partial charge in [0.05, 0.1) is 6.26 Å². The molecule has 0 unspecified atom stereocenters. The molecule has 1 aliphatic carbocycles. The summed E-state index contributed by atoms with van der Waals surface area (Å²) in [5.74, 6) is 1.02. The lowest BCUT2D eigenvalue weighted by Gasteiger charge is -2.21. The smallest absolute Gasteiger partial charge is 0.132 e. The highest BCUT2D eigenvalue weighted by Crippen LogP contribution is 2.31. The summed E-state index contributed by atoms with van der Waals surface area (Å²) in [6.45, 7) is 0. The Hall–Kier alpha value is -1.02. The Bertz CT molecular complexity index is 274. The molecule has 1 N–H and O–H groups in total. The van der Waals surface area contributed by atoms with Crippen LogP contribution in [-0.2, 0) is 0 Å². The van der Waals surface area contributed by atoms with Crippen molar-refractivity contribution < 1.29 is 9.52 Å². The molecule has 2 nitrogen and oxygen atoms in total. The van der Waals surface area contributed by atoms with Gasteiger partial charge in [-0.15, -0.1) is 0 Å². The predicted octanol–water partition coefficient (Wildman–Crippen LogP) is 2.67. The van der Waals surface area contributed by atoms with Crippen molar-refractivity contribution in [1.29, 1.82) is 0 Å². The summed E-state index contributed by atoms with van der Waals surface area (Å²) in [6.07, 6.45) is 8.57. The van der Waals surface area contributed by atoms with E-state index in [9.17, 15) is 5.11 Å². The second-order valence-corrected chi connectivity index (χ2v) is 3.50. The zero-order valence-electron chi connectivity index (χ0n) is 7.52. The number of furan rings is 1. The quantitative estimate of drug-likeness (QED) is 0.706. The number of allylic oxidation sites excluding steroid dienone is 2. The van der Waals surface area contributed by atoms with E-state index in [4.69, 9.17) is 4.42 Å². The van der Waals surface area contributed by atoms with Crippen LogP contribution in [0.1, 0.15) is 31.1 Å². The molecule has 0 fully saturated rings. The molecule has 0 radical (unpaired) electrons. The fourth-order valence-corrected chi connectivity index (χ4v) is 1.80. The van der Waals surface area contributed by atoms with Crippen LogP contribution in [0.5, 0.6) is 0 Å². The molecule has 2 rings (SSSR count). The summed E-state index contributed by atoms with van der Waals surface area (Å²) in [4.78, 5) is 0. The van der Waals surface area contributed by atoms with E-state index in [2.05, 4.69) is 12.2 Å². The van der Waals surface area contributed by atoms with Gasteiger partial charge in [-0.3, -0.25) is 0 Å². The summed E-state index contributed by atoms with van der Waals surface area (Å²) >= 11 is 0. The first-order chi connectivity index (χ1) is 6.38. The Morgan fingerprint density at radius 1 is 1.46 bits per heavy atom. The maximum Gasteiger partial charge on any atom is 0.132 e. The van der Waals surface area contributed by atoms with Crippen LogP contribution in [-0.4, -0.2) is 5.11 Å². The van der Waals surface area contributed by atoms with E-state index >= 15 is 0 Å². The van der Waals surface area contributed by atoms with Crippen LogP contribution in [0.3, 0.4) is 0 Å². The minimum Gasteiger partial charge on any atom is -0.467 e. The largest absolute Gasteiger partial charge is 0.467 e. The summed E-state index contributed by atoms with van der Waals surface area (Å²) in [5.41, 5.74) is 0. The third kappa shape index (κ3) is 1.83. The molecule has 70 valence electrons. The van der Waals surface area contributed by atoms with Gasteiger partial charge in [0, 0.05) is 0 Å². The molecule has 2 atom stereocenters. The van der Waals surface area contributed by atoms with Gasteiger partial charge in [0.25, 0.3) is 0 Å². The average molecular weight is 178 g/mol. The van der Waals surface area contributed by atoms with E-state index in [0.717, 1.165) is 19.3 Å². The van der Waals surface area contributed by atoms with Crippen molar-refractivity contribution >= 4 is 0 Å². The Labute approximate surface area is 77.9 Å². The molecule has 1 aromatic heterocycles. The van der Waals surface area contributed by atoms with Crippen LogP contribution in [0.15, 0.2) is 35.0 Å². The first-order valence-electron chi connectivity index (χ1n) is 4.74. The molecule has 1 aliphatic rings. The van der Waals surface area contributed by atoms with Crippen LogP contribution in [0.4, 0.5) is 0 Å². The summed E-state index contributed by atoms with van der Waals surface area (Å²) in [5, 5.41) is 9.91. The van der Waals surface area contributed by atoms with Gasteiger partial charge in [-0.2, -0.15) is 0 Å². The SMILES string of the molecule is O[C@H](c1ccco1)[C@@H]1CC=CCC1. The average Bonchev–Trinajstić information content (AvgIpc) is 2.71. The topological polar surface area (TPSA) is 33.4 Å². The zero-order valence-corrected chi connectivity index (χ0v) is 7.52. The van der Waals surface area contributed by atoms with Gasteiger partial charge >= 0.3 is 0 Å². The van der Waals surface area contributed by atoms with Crippen LogP contribution in [0, 0.1) is 5.92 Å². The zero-order chi connectivity index (χ0) is 9.10. The lowest BCUT2D eigenvalue weighted by Crippen LogP contribution is -2.13. The van der Waals surface area contributed by atoms with Gasteiger partial charge in [0.2, 0.25) is 0 Å². The molecule has 0 aliphatic heterocycles. The second-order valence-electron chi connectivity index (χ2n) is 3.50. The van der Waals surface area contributed by atoms with Gasteiger partial charge in [-0.25, -0.2) is 0 Å². The lowest BCUT2D eigenvalue weighted by molar-refractivity contribution is 0.0808. The summed E-state index contributed by atoms with van der Waals surface area (Å²) < 4.78 is 5.17. The van der Waals surface area contributed by atoms with Gasteiger partial charge in [0.1, 0.15) is 11.9 Å². The minimum absolute atomic E-state index is 0.330. The monoisotopic (exact) mass is 178 g/mol. The van der Waals surface area contributed by atoms with E-state index in [1.54, 1.807) is 6.26 Å². The number of aliphatic hydroxyl groups excluding tert-OH is 1. The van der Waals surface area contributed by atoms with Gasteiger partial charge in [0.15, 0.2) is 0 Å². The van der Waals surface area contributed by atoms with E-state index in [1.165, 1.54) is 0 Å². The number of rotatable bonds is 2. The summed E-state index contributed by atoms with van der Waals surface area (Å²) in [6, 6.07) is 3.65. The Kier molecular flexibility index (Phi) is 2.50. The van der Waals surface area contributed by atoms with Crippen LogP contribution in [0.25, 0.3) is 0 Å². The van der Waals surface area contributed by atoms with Crippen molar-refractivity contribution in [1.82, 2.24) is 0 Å². The van der Waals surface area contributed by atoms with Crippen molar-refractivity contribution in [3.63, 3.8) is 0 Å². The van der Waals surface area contributed by atoms with E-state index in [1.807, 2.05) is 12.1 Å². The van der Waals surface area contributed by atoms with Gasteiger partial charge < -0.3 is 9.52 Å². The number of hydrogen-bond acceptors (Lipinski definition) is 2. The normalized spacial score (nSPS) is 24.5. The van der Waals surface area contributed by atoms with Crippen LogP contribution >= 0.6 is 0 Å². The highest BCUT2D eigenvalue weighted by atomic mass is 16.4. The molecule has 13 heavy (non-hydrogen) atoms. The molecule has 1 aromatic rings. The van der Waals surface area contributed by atoms with Crippen molar-refractivity contribution in [2.45, 2.75) is 25.4 Å². The van der Waals surface area contributed by atoms with Gasteiger partial charge in [-0.1, -0.05) is 12.2 Å². The standard InChI is InChI=1S/C11H14O2/c12-11(10-7-4-8-13-10)9-5-2-1-3-6-9/h1-2,4,7-9,11-12H,3,5-6H2/t9-,11+/m1/s1. The second kappa shape index (κ2) is 3.79. The molecule has 0 amide bonds. The van der Waals surface area contributed by atoms with Crippen molar-refractivity contribution in [2.75, 3.05) is 0 Å². The molecule has 0 aromatic carbocycles. The molecule has 0 saturated heterocycles. The Morgan fingerprint density at radius 2 is 2.38 bits per heavy atom. The summed E-state index contributed by atoms with van der Waals surface area (Å²) in [7, 11) is 0. The highest BCUT2D eigenvalue weighted by molar-refractivity contribution is 5.05. The van der Waals surface area contributed by atoms with Crippen molar-refractivity contribution in [2.24, 2.45) is 5.92 Å². The third-order valence-electron chi connectivity index (χ3n) is 2.59. The Morgan fingerprint density at radius 3 is 3.00 bits per heavy atom. The fraction of sp³-hybridized carbons (Fsp3) is 0.455. The van der Waals surface area contributed by atoms with Gasteiger partial charge in [-0.05, 0) is 37.3 Å². The maximum atomic E-state index is 9.91. The highest BCUT2D eigenvalue weighted by Gasteiger charge is 2.22. The van der Waals surface area contributed by atoms with Crippen LogP contribution < -0.4 is 0 Å². The Balaban J connectivity index is 2.04. The maximum absolute atomic E-state index is 9.91. The molecule has 0 spiro atoms. The fourth-order valence-electron chi connectivity index (χ4n) is 1.80. The molecular weight excluding hydrogens is 164 g/mol. The molecule has 0 saturated carbocycles. The molecule has 2 heteroatoms. The predicted molar refractivity (Wildman–Crippen MR) is 50.1 cm³/mol. The van der Waals surface area contributed by atoms with Crippen molar-refractivity contribution in [3.05, 3.63) is 36.3 Å². The minimum atomic E-state index is -0.431. The molecule has 0 bridgehead atoms. The number of aliphatic hydroxyl groups is 1. The van der Waals surface area contributed by atoms with E-state index < -0.39 is 6.10 Å². The van der Waals surface area contributed by atoms with Crippen LogP contribution in [0.2, 0.25) is 0 Å². The first-order valence-corrected chi connectivity index (χ1v) is 4.74. The van der Waals surface area contributed by atoms with E-state index in [-0.39, 0.29) is 0 Å². The molecular formula is C11H14O2. The lowest BCUT2D eigenvalue weighted by atomic mass is 9.88. The molecule has 1 heterocycles.